The average Bonchev–Trinajstić information content (AvgIpc) is 3.33. The number of hydrogen-bond acceptors (Lipinski definition) is 5. The van der Waals surface area contributed by atoms with Crippen LogP contribution in [0.25, 0.3) is 0 Å². The molecule has 1 aromatic heterocycles. The van der Waals surface area contributed by atoms with Crippen molar-refractivity contribution in [1.82, 2.24) is 9.88 Å². The van der Waals surface area contributed by atoms with Crippen LogP contribution in [0.15, 0.2) is 11.6 Å². The summed E-state index contributed by atoms with van der Waals surface area (Å²) in [7, 11) is 0. The molecular weight excluding hydrogens is 374 g/mol. The van der Waals surface area contributed by atoms with Crippen molar-refractivity contribution in [2.24, 2.45) is 23.2 Å². The minimum Gasteiger partial charge on any atom is -0.376 e. The van der Waals surface area contributed by atoms with Crippen molar-refractivity contribution in [3.05, 3.63) is 11.6 Å². The number of hydrogen-bond donors (Lipinski definition) is 1. The number of nitrogens with one attached hydrogen (secondary N) is 1. The van der Waals surface area contributed by atoms with Gasteiger partial charge >= 0.3 is 0 Å². The van der Waals surface area contributed by atoms with Gasteiger partial charge in [0.15, 0.2) is 5.13 Å². The third-order valence-corrected chi connectivity index (χ3v) is 7.93. The van der Waals surface area contributed by atoms with E-state index in [2.05, 4.69) is 10.3 Å². The zero-order chi connectivity index (χ0) is 19.1. The summed E-state index contributed by atoms with van der Waals surface area (Å²) in [5.74, 6) is 2.18. The highest BCUT2D eigenvalue weighted by atomic mass is 32.1. The summed E-state index contributed by atoms with van der Waals surface area (Å²) in [5.41, 5.74) is -0.227. The predicted octanol–water partition coefficient (Wildman–Crippen LogP) is 3.31. The molecule has 7 heteroatoms. The van der Waals surface area contributed by atoms with Crippen molar-refractivity contribution >= 4 is 28.3 Å². The van der Waals surface area contributed by atoms with Crippen molar-refractivity contribution in [2.75, 3.05) is 25.0 Å². The zero-order valence-electron chi connectivity index (χ0n) is 16.3. The molecule has 5 fully saturated rings. The molecule has 1 unspecified atom stereocenters. The quantitative estimate of drug-likeness (QED) is 0.791. The maximum Gasteiger partial charge on any atom is 0.245 e. The average molecular weight is 404 g/mol. The van der Waals surface area contributed by atoms with Crippen molar-refractivity contribution in [1.29, 1.82) is 0 Å². The van der Waals surface area contributed by atoms with Crippen molar-refractivity contribution in [3.8, 4) is 0 Å². The maximum absolute atomic E-state index is 13.8. The summed E-state index contributed by atoms with van der Waals surface area (Å²) in [6.07, 6.45) is 10.7. The van der Waals surface area contributed by atoms with Gasteiger partial charge in [0.25, 0.3) is 0 Å². The molecule has 1 N–H and O–H groups in total. The molecule has 0 aromatic carbocycles. The van der Waals surface area contributed by atoms with E-state index >= 15 is 0 Å². The monoisotopic (exact) mass is 403 g/mol. The molecule has 4 aliphatic carbocycles. The van der Waals surface area contributed by atoms with Crippen LogP contribution in [0.3, 0.4) is 0 Å². The zero-order valence-corrected chi connectivity index (χ0v) is 17.1. The Morgan fingerprint density at radius 2 is 1.93 bits per heavy atom. The number of aromatic nitrogens is 1. The van der Waals surface area contributed by atoms with Gasteiger partial charge in [0.1, 0.15) is 6.54 Å². The first-order valence-corrected chi connectivity index (χ1v) is 11.6. The molecule has 1 aliphatic heterocycles. The van der Waals surface area contributed by atoms with E-state index in [9.17, 15) is 9.59 Å². The van der Waals surface area contributed by atoms with Gasteiger partial charge in [0.2, 0.25) is 11.8 Å². The summed E-state index contributed by atoms with van der Waals surface area (Å²) >= 11 is 1.40. The fourth-order valence-corrected chi connectivity index (χ4v) is 7.12. The van der Waals surface area contributed by atoms with Crippen LogP contribution in [-0.4, -0.2) is 47.5 Å². The highest BCUT2D eigenvalue weighted by Crippen LogP contribution is 2.60. The van der Waals surface area contributed by atoms with Gasteiger partial charge < -0.3 is 15.0 Å². The molecule has 4 saturated carbocycles. The molecule has 0 spiro atoms. The Morgan fingerprint density at radius 3 is 2.50 bits per heavy atom. The molecular formula is C21H29N3O3S. The van der Waals surface area contributed by atoms with E-state index < -0.39 is 0 Å². The molecule has 28 heavy (non-hydrogen) atoms. The smallest absolute Gasteiger partial charge is 0.245 e. The molecule has 2 amide bonds. The first-order chi connectivity index (χ1) is 13.6. The van der Waals surface area contributed by atoms with E-state index in [1.165, 1.54) is 30.6 Å². The van der Waals surface area contributed by atoms with Crippen LogP contribution >= 0.6 is 11.3 Å². The van der Waals surface area contributed by atoms with Gasteiger partial charge in [0, 0.05) is 24.7 Å². The van der Waals surface area contributed by atoms with Crippen LogP contribution in [0.5, 0.6) is 0 Å². The van der Waals surface area contributed by atoms with Crippen LogP contribution in [0, 0.1) is 23.2 Å². The fraction of sp³-hybridized carbons (Fsp3) is 0.762. The van der Waals surface area contributed by atoms with Crippen LogP contribution in [0.1, 0.15) is 51.4 Å². The van der Waals surface area contributed by atoms with Gasteiger partial charge in [-0.1, -0.05) is 0 Å². The summed E-state index contributed by atoms with van der Waals surface area (Å²) < 4.78 is 5.80. The second-order valence-electron chi connectivity index (χ2n) is 9.40. The number of carbonyl (C=O) groups is 2. The van der Waals surface area contributed by atoms with Gasteiger partial charge in [-0.15, -0.1) is 11.3 Å². The third-order valence-electron chi connectivity index (χ3n) is 7.24. The van der Waals surface area contributed by atoms with Crippen molar-refractivity contribution in [2.45, 2.75) is 57.5 Å². The Labute approximate surface area is 170 Å². The summed E-state index contributed by atoms with van der Waals surface area (Å²) in [5, 5.41) is 5.26. The Bertz CT molecular complexity index is 694. The second-order valence-corrected chi connectivity index (χ2v) is 10.3. The molecule has 0 radical (unpaired) electrons. The lowest BCUT2D eigenvalue weighted by Gasteiger charge is -2.56. The van der Waals surface area contributed by atoms with Gasteiger partial charge in [-0.2, -0.15) is 0 Å². The molecule has 1 saturated heterocycles. The SMILES string of the molecule is O=C(CN(CC1CCCO1)C(=O)C12CC3CC(CC(C3)C1)C2)Nc1nccs1. The lowest BCUT2D eigenvalue weighted by molar-refractivity contribution is -0.160. The van der Waals surface area contributed by atoms with Gasteiger partial charge in [-0.25, -0.2) is 4.98 Å². The summed E-state index contributed by atoms with van der Waals surface area (Å²) in [6.45, 7) is 1.39. The maximum atomic E-state index is 13.8. The number of amides is 2. The Balaban J connectivity index is 1.33. The molecule has 4 bridgehead atoms. The number of rotatable bonds is 6. The molecule has 1 aromatic rings. The highest BCUT2D eigenvalue weighted by molar-refractivity contribution is 7.13. The Hall–Kier alpha value is -1.47. The second kappa shape index (κ2) is 7.41. The molecule has 6 nitrogen and oxygen atoms in total. The standard InChI is InChI=1S/C21H29N3O3S/c25-18(23-20-22-3-5-28-20)13-24(12-17-2-1-4-27-17)19(26)21-9-14-6-15(10-21)8-16(7-14)11-21/h3,5,14-17H,1-2,4,6-13H2,(H,22,23,25). The van der Waals surface area contributed by atoms with Crippen LogP contribution in [-0.2, 0) is 14.3 Å². The van der Waals surface area contributed by atoms with Crippen LogP contribution < -0.4 is 5.32 Å². The van der Waals surface area contributed by atoms with Gasteiger partial charge in [-0.3, -0.25) is 9.59 Å². The van der Waals surface area contributed by atoms with Crippen LogP contribution in [0.4, 0.5) is 5.13 Å². The van der Waals surface area contributed by atoms with Crippen molar-refractivity contribution < 1.29 is 14.3 Å². The number of thiazole rings is 1. The van der Waals surface area contributed by atoms with Gasteiger partial charge in [0.05, 0.1) is 11.5 Å². The number of nitrogens with zero attached hydrogens (tertiary/aromatic N) is 2. The van der Waals surface area contributed by atoms with E-state index in [1.807, 2.05) is 10.3 Å². The summed E-state index contributed by atoms with van der Waals surface area (Å²) in [6, 6.07) is 0. The summed E-state index contributed by atoms with van der Waals surface area (Å²) in [4.78, 5) is 32.4. The third kappa shape index (κ3) is 3.59. The molecule has 5 aliphatic rings. The highest BCUT2D eigenvalue weighted by Gasteiger charge is 2.55. The molecule has 6 rings (SSSR count). The molecule has 1 atom stereocenters. The first-order valence-electron chi connectivity index (χ1n) is 10.7. The van der Waals surface area contributed by atoms with E-state index in [0.717, 1.165) is 38.7 Å². The first kappa shape index (κ1) is 18.6. The normalized spacial score (nSPS) is 35.9. The van der Waals surface area contributed by atoms with Crippen LogP contribution in [0.2, 0.25) is 0 Å². The minimum atomic E-state index is -0.227. The number of ether oxygens (including phenoxy) is 1. The molecule has 152 valence electrons. The van der Waals surface area contributed by atoms with Gasteiger partial charge in [-0.05, 0) is 69.1 Å². The minimum absolute atomic E-state index is 0.0607. The Kier molecular flexibility index (Phi) is 4.91. The lowest BCUT2D eigenvalue weighted by atomic mass is 9.49. The van der Waals surface area contributed by atoms with Crippen molar-refractivity contribution in [3.63, 3.8) is 0 Å². The van der Waals surface area contributed by atoms with E-state index in [1.54, 1.807) is 6.20 Å². The lowest BCUT2D eigenvalue weighted by Crippen LogP contribution is -2.56. The predicted molar refractivity (Wildman–Crippen MR) is 107 cm³/mol. The number of carbonyl (C=O) groups excluding carboxylic acids is 2. The topological polar surface area (TPSA) is 71.5 Å². The Morgan fingerprint density at radius 1 is 1.21 bits per heavy atom. The van der Waals surface area contributed by atoms with E-state index in [4.69, 9.17) is 4.74 Å². The molecule has 2 heterocycles. The number of anilines is 1. The van der Waals surface area contributed by atoms with E-state index in [-0.39, 0.29) is 29.9 Å². The fourth-order valence-electron chi connectivity index (χ4n) is 6.58. The largest absolute Gasteiger partial charge is 0.376 e. The van der Waals surface area contributed by atoms with E-state index in [0.29, 0.717) is 29.4 Å².